The van der Waals surface area contributed by atoms with E-state index < -0.39 is 6.04 Å². The van der Waals surface area contributed by atoms with Crippen molar-refractivity contribution in [1.82, 2.24) is 14.8 Å². The van der Waals surface area contributed by atoms with Gasteiger partial charge in [-0.05, 0) is 49.2 Å². The van der Waals surface area contributed by atoms with Crippen LogP contribution in [0.25, 0.3) is 0 Å². The Bertz CT molecular complexity index is 1380. The zero-order valence-corrected chi connectivity index (χ0v) is 20.1. The number of rotatable bonds is 8. The topological polar surface area (TPSA) is 90.3 Å². The average Bonchev–Trinajstić information content (AvgIpc) is 3.37. The second-order valence-electron chi connectivity index (χ2n) is 8.32. The van der Waals surface area contributed by atoms with Crippen molar-refractivity contribution in [2.24, 2.45) is 0 Å². The van der Waals surface area contributed by atoms with Crippen LogP contribution < -0.4 is 20.1 Å². The first-order valence-corrected chi connectivity index (χ1v) is 11.8. The van der Waals surface area contributed by atoms with Crippen molar-refractivity contribution in [1.29, 1.82) is 0 Å². The van der Waals surface area contributed by atoms with Crippen molar-refractivity contribution >= 4 is 17.5 Å². The molecule has 0 radical (unpaired) electrons. The summed E-state index contributed by atoms with van der Waals surface area (Å²) in [7, 11) is 0. The molecule has 0 bridgehead atoms. The van der Waals surface area contributed by atoms with Crippen molar-refractivity contribution in [2.45, 2.75) is 26.5 Å². The summed E-state index contributed by atoms with van der Waals surface area (Å²) in [6.45, 7) is 4.75. The fraction of sp³-hybridized carbons (Fsp3) is 0.179. The third-order valence-electron chi connectivity index (χ3n) is 5.92. The molecule has 5 rings (SSSR count). The number of carbonyl (C=O) groups excluding carboxylic acids is 1. The number of amides is 1. The normalized spacial score (nSPS) is 14.6. The Hall–Kier alpha value is -4.59. The molecule has 36 heavy (non-hydrogen) atoms. The summed E-state index contributed by atoms with van der Waals surface area (Å²) >= 11 is 0. The van der Waals surface area contributed by atoms with Gasteiger partial charge in [-0.1, -0.05) is 54.6 Å². The number of anilines is 2. The molecule has 0 aliphatic carbocycles. The minimum absolute atomic E-state index is 0.247. The molecule has 0 saturated heterocycles. The van der Waals surface area contributed by atoms with Gasteiger partial charge in [0.1, 0.15) is 30.5 Å². The maximum atomic E-state index is 13.6. The van der Waals surface area contributed by atoms with Gasteiger partial charge in [-0.3, -0.25) is 4.79 Å². The number of allylic oxidation sites excluding steroid dienone is 1. The first-order chi connectivity index (χ1) is 17.6. The minimum atomic E-state index is -0.467. The molecule has 8 nitrogen and oxygen atoms in total. The van der Waals surface area contributed by atoms with E-state index in [0.29, 0.717) is 41.9 Å². The van der Waals surface area contributed by atoms with E-state index in [9.17, 15) is 4.79 Å². The van der Waals surface area contributed by atoms with Crippen LogP contribution in [0.4, 0.5) is 11.6 Å². The molecular formula is C28H27N5O3. The minimum Gasteiger partial charge on any atom is -0.492 e. The molecule has 1 aromatic heterocycles. The van der Waals surface area contributed by atoms with Gasteiger partial charge in [0.05, 0.1) is 17.9 Å². The van der Waals surface area contributed by atoms with E-state index in [1.54, 1.807) is 4.68 Å². The number of hydrogen-bond acceptors (Lipinski definition) is 6. The molecule has 2 heterocycles. The number of nitrogens with one attached hydrogen (secondary N) is 2. The van der Waals surface area contributed by atoms with Crippen LogP contribution in [0, 0.1) is 0 Å². The molecule has 1 unspecified atom stereocenters. The highest BCUT2D eigenvalue weighted by Crippen LogP contribution is 2.36. The number of aromatic nitrogens is 3. The monoisotopic (exact) mass is 481 g/mol. The zero-order valence-electron chi connectivity index (χ0n) is 20.1. The molecule has 1 aliphatic rings. The maximum absolute atomic E-state index is 13.6. The Balaban J connectivity index is 1.42. The number of nitrogens with zero attached hydrogens (tertiary/aromatic N) is 3. The standard InChI is InChI=1S/C28H27N5O3/c1-3-35-24-12-8-7-11-23(24)32-27(34)25-19(2)31-28-29-18-30-33(28)26(25)21-13-15-22(16-14-21)36-17-20-9-5-4-6-10-20/h4-16,18,26H,3,17H2,1-2H3,(H,32,34)(H,29,30,31). The number of hydrogen-bond donors (Lipinski definition) is 2. The predicted molar refractivity (Wildman–Crippen MR) is 138 cm³/mol. The fourth-order valence-electron chi connectivity index (χ4n) is 4.22. The second-order valence-corrected chi connectivity index (χ2v) is 8.32. The van der Waals surface area contributed by atoms with Gasteiger partial charge in [0.25, 0.3) is 5.91 Å². The second kappa shape index (κ2) is 10.4. The molecule has 0 spiro atoms. The van der Waals surface area contributed by atoms with Crippen molar-refractivity contribution in [3.05, 3.63) is 108 Å². The lowest BCUT2D eigenvalue weighted by Crippen LogP contribution is -2.31. The molecule has 3 aromatic carbocycles. The number of fused-ring (bicyclic) bond motifs is 1. The van der Waals surface area contributed by atoms with E-state index >= 15 is 0 Å². The molecule has 1 aliphatic heterocycles. The van der Waals surface area contributed by atoms with Gasteiger partial charge in [0.15, 0.2) is 0 Å². The Labute approximate surface area is 209 Å². The molecule has 0 fully saturated rings. The van der Waals surface area contributed by atoms with Gasteiger partial charge in [-0.2, -0.15) is 10.1 Å². The quantitative estimate of drug-likeness (QED) is 0.360. The summed E-state index contributed by atoms with van der Waals surface area (Å²) in [5.74, 6) is 1.69. The number of para-hydroxylation sites is 2. The smallest absolute Gasteiger partial charge is 0.255 e. The Morgan fingerprint density at radius 2 is 1.75 bits per heavy atom. The highest BCUT2D eigenvalue weighted by molar-refractivity contribution is 6.06. The van der Waals surface area contributed by atoms with Gasteiger partial charge in [-0.25, -0.2) is 4.68 Å². The SMILES string of the molecule is CCOc1ccccc1NC(=O)C1=C(C)Nc2ncnn2C1c1ccc(OCc2ccccc2)cc1. The lowest BCUT2D eigenvalue weighted by atomic mass is 9.95. The summed E-state index contributed by atoms with van der Waals surface area (Å²) in [5.41, 5.74) is 3.83. The van der Waals surface area contributed by atoms with Crippen molar-refractivity contribution < 1.29 is 14.3 Å². The number of benzene rings is 3. The lowest BCUT2D eigenvalue weighted by Gasteiger charge is -2.29. The number of ether oxygens (including phenoxy) is 2. The third kappa shape index (κ3) is 4.79. The molecule has 8 heteroatoms. The van der Waals surface area contributed by atoms with Gasteiger partial charge in [0.2, 0.25) is 5.95 Å². The van der Waals surface area contributed by atoms with Crippen molar-refractivity contribution in [3.63, 3.8) is 0 Å². The molecule has 1 atom stereocenters. The van der Waals surface area contributed by atoms with Crippen LogP contribution in [0.2, 0.25) is 0 Å². The summed E-state index contributed by atoms with van der Waals surface area (Å²) in [6.07, 6.45) is 1.48. The summed E-state index contributed by atoms with van der Waals surface area (Å²) in [6, 6.07) is 24.7. The van der Waals surface area contributed by atoms with E-state index in [4.69, 9.17) is 9.47 Å². The largest absolute Gasteiger partial charge is 0.492 e. The fourth-order valence-corrected chi connectivity index (χ4v) is 4.22. The summed E-state index contributed by atoms with van der Waals surface area (Å²) < 4.78 is 13.4. The third-order valence-corrected chi connectivity index (χ3v) is 5.92. The molecule has 2 N–H and O–H groups in total. The number of carbonyl (C=O) groups is 1. The first-order valence-electron chi connectivity index (χ1n) is 11.8. The van der Waals surface area contributed by atoms with Crippen LogP contribution in [0.5, 0.6) is 11.5 Å². The predicted octanol–water partition coefficient (Wildman–Crippen LogP) is 5.18. The van der Waals surface area contributed by atoms with Crippen LogP contribution in [-0.2, 0) is 11.4 Å². The van der Waals surface area contributed by atoms with Crippen LogP contribution >= 0.6 is 0 Å². The van der Waals surface area contributed by atoms with E-state index in [-0.39, 0.29) is 5.91 Å². The molecule has 182 valence electrons. The Morgan fingerprint density at radius 1 is 1.00 bits per heavy atom. The van der Waals surface area contributed by atoms with Gasteiger partial charge in [0, 0.05) is 5.70 Å². The Morgan fingerprint density at radius 3 is 2.53 bits per heavy atom. The maximum Gasteiger partial charge on any atom is 0.255 e. The Kier molecular flexibility index (Phi) is 6.66. The average molecular weight is 482 g/mol. The van der Waals surface area contributed by atoms with Crippen LogP contribution in [0.15, 0.2) is 96.5 Å². The lowest BCUT2D eigenvalue weighted by molar-refractivity contribution is -0.113. The van der Waals surface area contributed by atoms with Crippen LogP contribution in [0.3, 0.4) is 0 Å². The van der Waals surface area contributed by atoms with Crippen molar-refractivity contribution in [3.8, 4) is 11.5 Å². The van der Waals surface area contributed by atoms with E-state index in [0.717, 1.165) is 16.9 Å². The molecule has 0 saturated carbocycles. The van der Waals surface area contributed by atoms with E-state index in [1.165, 1.54) is 6.33 Å². The molecular weight excluding hydrogens is 454 g/mol. The van der Waals surface area contributed by atoms with E-state index in [1.807, 2.05) is 92.7 Å². The van der Waals surface area contributed by atoms with Gasteiger partial charge < -0.3 is 20.1 Å². The first kappa shape index (κ1) is 23.2. The van der Waals surface area contributed by atoms with Crippen molar-refractivity contribution in [2.75, 3.05) is 17.2 Å². The summed E-state index contributed by atoms with van der Waals surface area (Å²) in [4.78, 5) is 17.9. The van der Waals surface area contributed by atoms with E-state index in [2.05, 4.69) is 20.7 Å². The van der Waals surface area contributed by atoms with Crippen LogP contribution in [0.1, 0.15) is 31.0 Å². The zero-order chi connectivity index (χ0) is 24.9. The summed E-state index contributed by atoms with van der Waals surface area (Å²) in [5, 5.41) is 10.6. The molecule has 1 amide bonds. The van der Waals surface area contributed by atoms with Gasteiger partial charge >= 0.3 is 0 Å². The highest BCUT2D eigenvalue weighted by atomic mass is 16.5. The van der Waals surface area contributed by atoms with Gasteiger partial charge in [-0.15, -0.1) is 0 Å². The highest BCUT2D eigenvalue weighted by Gasteiger charge is 2.33. The van der Waals surface area contributed by atoms with Crippen LogP contribution in [-0.4, -0.2) is 27.3 Å². The molecule has 4 aromatic rings.